The van der Waals surface area contributed by atoms with Gasteiger partial charge in [-0.05, 0) is 32.1 Å². The topological polar surface area (TPSA) is 56.1 Å². The lowest BCUT2D eigenvalue weighted by molar-refractivity contribution is -0.121. The summed E-state index contributed by atoms with van der Waals surface area (Å²) >= 11 is 0. The number of likely N-dealkylation sites (N-methyl/N-ethyl adjacent to an activating group) is 1. The van der Waals surface area contributed by atoms with Crippen LogP contribution < -0.4 is 5.32 Å². The monoisotopic (exact) mass is 259 g/mol. The molecule has 4 heteroatoms. The molecule has 0 saturated heterocycles. The van der Waals surface area contributed by atoms with Gasteiger partial charge >= 0.3 is 0 Å². The van der Waals surface area contributed by atoms with E-state index in [-0.39, 0.29) is 18.2 Å². The third-order valence-corrected chi connectivity index (χ3v) is 2.99. The van der Waals surface area contributed by atoms with Crippen molar-refractivity contribution < 1.29 is 4.79 Å². The number of nitriles is 1. The van der Waals surface area contributed by atoms with Gasteiger partial charge in [0.25, 0.3) is 0 Å². The van der Waals surface area contributed by atoms with Gasteiger partial charge in [-0.1, -0.05) is 24.3 Å². The largest absolute Gasteiger partial charge is 0.355 e. The Morgan fingerprint density at radius 2 is 2.11 bits per heavy atom. The van der Waals surface area contributed by atoms with E-state index >= 15 is 0 Å². The summed E-state index contributed by atoms with van der Waals surface area (Å²) in [6.45, 7) is 3.37. The van der Waals surface area contributed by atoms with Gasteiger partial charge in [0, 0.05) is 19.5 Å². The molecule has 0 aliphatic rings. The van der Waals surface area contributed by atoms with Crippen LogP contribution in [0.5, 0.6) is 0 Å². The molecular weight excluding hydrogens is 238 g/mol. The maximum Gasteiger partial charge on any atom is 0.221 e. The SMILES string of the molecule is Cc1ccccc1C(C#N)CC(=O)NCCN(C)C. The molecular formula is C15H21N3O. The third kappa shape index (κ3) is 5.11. The lowest BCUT2D eigenvalue weighted by Crippen LogP contribution is -2.32. The molecule has 0 aromatic heterocycles. The van der Waals surface area contributed by atoms with Crippen LogP contribution in [0.4, 0.5) is 0 Å². The van der Waals surface area contributed by atoms with Gasteiger partial charge in [0.05, 0.1) is 12.0 Å². The highest BCUT2D eigenvalue weighted by Crippen LogP contribution is 2.22. The molecule has 1 atom stereocenters. The number of hydrogen-bond acceptors (Lipinski definition) is 3. The minimum Gasteiger partial charge on any atom is -0.355 e. The van der Waals surface area contributed by atoms with E-state index in [1.807, 2.05) is 50.2 Å². The molecule has 102 valence electrons. The molecule has 1 amide bonds. The number of nitrogens with zero attached hydrogens (tertiary/aromatic N) is 2. The van der Waals surface area contributed by atoms with E-state index in [1.165, 1.54) is 0 Å². The number of nitrogens with one attached hydrogen (secondary N) is 1. The predicted molar refractivity (Wildman–Crippen MR) is 75.7 cm³/mol. The molecule has 0 spiro atoms. The van der Waals surface area contributed by atoms with Gasteiger partial charge in [-0.3, -0.25) is 4.79 Å². The summed E-state index contributed by atoms with van der Waals surface area (Å²) in [7, 11) is 3.91. The van der Waals surface area contributed by atoms with Crippen molar-refractivity contribution in [2.75, 3.05) is 27.2 Å². The van der Waals surface area contributed by atoms with Crippen molar-refractivity contribution in [2.24, 2.45) is 0 Å². The first-order valence-corrected chi connectivity index (χ1v) is 6.41. The molecule has 0 radical (unpaired) electrons. The van der Waals surface area contributed by atoms with Crippen molar-refractivity contribution in [1.29, 1.82) is 5.26 Å². The molecule has 1 rings (SSSR count). The molecule has 0 heterocycles. The van der Waals surface area contributed by atoms with Gasteiger partial charge in [-0.2, -0.15) is 5.26 Å². The summed E-state index contributed by atoms with van der Waals surface area (Å²) < 4.78 is 0. The molecule has 1 aromatic carbocycles. The second kappa shape index (κ2) is 7.55. The second-order valence-corrected chi connectivity index (χ2v) is 4.90. The minimum absolute atomic E-state index is 0.0725. The Hall–Kier alpha value is -1.86. The molecule has 0 aliphatic carbocycles. The van der Waals surface area contributed by atoms with Crippen molar-refractivity contribution in [1.82, 2.24) is 10.2 Å². The van der Waals surface area contributed by atoms with Crippen LogP contribution in [0.2, 0.25) is 0 Å². The molecule has 1 unspecified atom stereocenters. The van der Waals surface area contributed by atoms with Crippen LogP contribution in [0.1, 0.15) is 23.5 Å². The fourth-order valence-corrected chi connectivity index (χ4v) is 1.88. The average molecular weight is 259 g/mol. The normalized spacial score (nSPS) is 11.9. The zero-order valence-corrected chi connectivity index (χ0v) is 11.8. The first kappa shape index (κ1) is 15.2. The maximum absolute atomic E-state index is 11.8. The van der Waals surface area contributed by atoms with Crippen molar-refractivity contribution in [3.63, 3.8) is 0 Å². The summed E-state index contributed by atoms with van der Waals surface area (Å²) in [5.41, 5.74) is 1.99. The molecule has 0 fully saturated rings. The summed E-state index contributed by atoms with van der Waals surface area (Å²) in [5, 5.41) is 12.1. The van der Waals surface area contributed by atoms with Crippen LogP contribution in [-0.2, 0) is 4.79 Å². The first-order chi connectivity index (χ1) is 9.04. The summed E-state index contributed by atoms with van der Waals surface area (Å²) in [6.07, 6.45) is 0.217. The van der Waals surface area contributed by atoms with E-state index in [2.05, 4.69) is 11.4 Å². The number of rotatable bonds is 6. The molecule has 0 bridgehead atoms. The molecule has 0 aliphatic heterocycles. The molecule has 4 nitrogen and oxygen atoms in total. The van der Waals surface area contributed by atoms with Gasteiger partial charge in [-0.25, -0.2) is 0 Å². The third-order valence-electron chi connectivity index (χ3n) is 2.99. The Morgan fingerprint density at radius 1 is 1.42 bits per heavy atom. The standard InChI is InChI=1S/C15H21N3O/c1-12-6-4-5-7-14(12)13(11-16)10-15(19)17-8-9-18(2)3/h4-7,13H,8-10H2,1-3H3,(H,17,19). The molecule has 0 saturated carbocycles. The van der Waals surface area contributed by atoms with Crippen LogP contribution in [0.3, 0.4) is 0 Å². The number of benzene rings is 1. The highest BCUT2D eigenvalue weighted by Gasteiger charge is 2.16. The zero-order valence-electron chi connectivity index (χ0n) is 11.8. The maximum atomic E-state index is 11.8. The van der Waals surface area contributed by atoms with E-state index in [0.29, 0.717) is 6.54 Å². The zero-order chi connectivity index (χ0) is 14.3. The summed E-state index contributed by atoms with van der Waals surface area (Å²) in [6, 6.07) is 9.93. The van der Waals surface area contributed by atoms with Crippen molar-refractivity contribution in [3.05, 3.63) is 35.4 Å². The second-order valence-electron chi connectivity index (χ2n) is 4.90. The smallest absolute Gasteiger partial charge is 0.221 e. The number of aryl methyl sites for hydroxylation is 1. The Bertz CT molecular complexity index is 463. The predicted octanol–water partition coefficient (Wildman–Crippen LogP) is 1.67. The van der Waals surface area contributed by atoms with Crippen molar-refractivity contribution in [3.8, 4) is 6.07 Å². The molecule has 1 aromatic rings. The van der Waals surface area contributed by atoms with Gasteiger partial charge in [0.1, 0.15) is 0 Å². The summed E-state index contributed by atoms with van der Waals surface area (Å²) in [4.78, 5) is 13.8. The highest BCUT2D eigenvalue weighted by atomic mass is 16.1. The van der Waals surface area contributed by atoms with Crippen molar-refractivity contribution in [2.45, 2.75) is 19.3 Å². The van der Waals surface area contributed by atoms with Crippen LogP contribution in [-0.4, -0.2) is 38.0 Å². The van der Waals surface area contributed by atoms with Crippen LogP contribution >= 0.6 is 0 Å². The molecule has 1 N–H and O–H groups in total. The van der Waals surface area contributed by atoms with E-state index < -0.39 is 0 Å². The van der Waals surface area contributed by atoms with E-state index in [4.69, 9.17) is 0 Å². The lowest BCUT2D eigenvalue weighted by atomic mass is 9.93. The Balaban J connectivity index is 2.56. The minimum atomic E-state index is -0.374. The Morgan fingerprint density at radius 3 is 2.68 bits per heavy atom. The Labute approximate surface area is 115 Å². The van der Waals surface area contributed by atoms with Crippen LogP contribution in [0, 0.1) is 18.3 Å². The fraction of sp³-hybridized carbons (Fsp3) is 0.467. The quantitative estimate of drug-likeness (QED) is 0.845. The van der Waals surface area contributed by atoms with Crippen LogP contribution in [0.25, 0.3) is 0 Å². The van der Waals surface area contributed by atoms with E-state index in [9.17, 15) is 10.1 Å². The van der Waals surface area contributed by atoms with E-state index in [0.717, 1.165) is 17.7 Å². The van der Waals surface area contributed by atoms with Crippen LogP contribution in [0.15, 0.2) is 24.3 Å². The molecule has 19 heavy (non-hydrogen) atoms. The van der Waals surface area contributed by atoms with Gasteiger partial charge < -0.3 is 10.2 Å². The first-order valence-electron chi connectivity index (χ1n) is 6.41. The number of carbonyl (C=O) groups excluding carboxylic acids is 1. The average Bonchev–Trinajstić information content (AvgIpc) is 2.36. The van der Waals surface area contributed by atoms with Crippen molar-refractivity contribution >= 4 is 5.91 Å². The highest BCUT2D eigenvalue weighted by molar-refractivity contribution is 5.77. The summed E-state index contributed by atoms with van der Waals surface area (Å²) in [5.74, 6) is -0.447. The Kier molecular flexibility index (Phi) is 6.04. The lowest BCUT2D eigenvalue weighted by Gasteiger charge is -2.13. The van der Waals surface area contributed by atoms with Gasteiger partial charge in [0.2, 0.25) is 5.91 Å². The van der Waals surface area contributed by atoms with Gasteiger partial charge in [-0.15, -0.1) is 0 Å². The number of amides is 1. The number of carbonyl (C=O) groups is 1. The van der Waals surface area contributed by atoms with E-state index in [1.54, 1.807) is 0 Å². The number of hydrogen-bond donors (Lipinski definition) is 1. The van der Waals surface area contributed by atoms with Gasteiger partial charge in [0.15, 0.2) is 0 Å². The fourth-order valence-electron chi connectivity index (χ4n) is 1.88.